The number of benzene rings is 4. The average molecular weight is 471 g/mol. The van der Waals surface area contributed by atoms with Crippen LogP contribution in [0.1, 0.15) is 51.0 Å². The van der Waals surface area contributed by atoms with Crippen LogP contribution in [0.15, 0.2) is 97.1 Å². The third kappa shape index (κ3) is 3.63. The van der Waals surface area contributed by atoms with E-state index in [9.17, 15) is 0 Å². The van der Waals surface area contributed by atoms with Crippen LogP contribution in [0.4, 0.5) is 0 Å². The highest BCUT2D eigenvalue weighted by molar-refractivity contribution is 6.08. The minimum atomic E-state index is 0.568. The fraction of sp³-hybridized carbons (Fsp3) is 0.294. The van der Waals surface area contributed by atoms with Crippen molar-refractivity contribution < 1.29 is 0 Å². The Morgan fingerprint density at radius 1 is 0.583 bits per heavy atom. The summed E-state index contributed by atoms with van der Waals surface area (Å²) in [4.78, 5) is 0. The van der Waals surface area contributed by atoms with Crippen molar-refractivity contribution in [1.29, 1.82) is 0 Å². The first-order valence-electron chi connectivity index (χ1n) is 13.8. The van der Waals surface area contributed by atoms with Crippen molar-refractivity contribution in [2.24, 2.45) is 5.92 Å². The molecule has 0 bridgehead atoms. The van der Waals surface area contributed by atoms with Gasteiger partial charge in [-0.2, -0.15) is 0 Å². The van der Waals surface area contributed by atoms with Crippen LogP contribution in [0.5, 0.6) is 0 Å². The van der Waals surface area contributed by atoms with Crippen LogP contribution in [0.25, 0.3) is 43.6 Å². The molecule has 2 aromatic heterocycles. The normalized spacial score (nSPS) is 15.2. The summed E-state index contributed by atoms with van der Waals surface area (Å²) in [6.45, 7) is 1.08. The molecule has 7 rings (SSSR count). The molecule has 0 aliphatic heterocycles. The molecule has 36 heavy (non-hydrogen) atoms. The summed E-state index contributed by atoms with van der Waals surface area (Å²) in [6, 6.07) is 36.4. The summed E-state index contributed by atoms with van der Waals surface area (Å²) in [5.74, 6) is 0.896. The monoisotopic (exact) mass is 470 g/mol. The van der Waals surface area contributed by atoms with Gasteiger partial charge in [-0.15, -0.1) is 0 Å². The van der Waals surface area contributed by atoms with E-state index >= 15 is 0 Å². The summed E-state index contributed by atoms with van der Waals surface area (Å²) >= 11 is 0. The highest BCUT2D eigenvalue weighted by atomic mass is 15.0. The van der Waals surface area contributed by atoms with Crippen molar-refractivity contribution in [2.75, 3.05) is 0 Å². The van der Waals surface area contributed by atoms with Gasteiger partial charge in [0.2, 0.25) is 0 Å². The first-order valence-corrected chi connectivity index (χ1v) is 13.8. The van der Waals surface area contributed by atoms with Crippen LogP contribution in [-0.2, 0) is 6.54 Å². The molecule has 180 valence electrons. The Labute approximate surface area is 213 Å². The second kappa shape index (κ2) is 9.17. The molecule has 1 atom stereocenters. The van der Waals surface area contributed by atoms with Crippen LogP contribution in [0, 0.1) is 5.92 Å². The van der Waals surface area contributed by atoms with Gasteiger partial charge < -0.3 is 9.13 Å². The van der Waals surface area contributed by atoms with E-state index in [4.69, 9.17) is 0 Å². The molecule has 0 amide bonds. The molecule has 1 unspecified atom stereocenters. The molecule has 1 aliphatic rings. The molecule has 1 aliphatic carbocycles. The molecule has 2 heterocycles. The maximum atomic E-state index is 2.70. The van der Waals surface area contributed by atoms with Gasteiger partial charge in [0.1, 0.15) is 0 Å². The summed E-state index contributed by atoms with van der Waals surface area (Å²) in [7, 11) is 0. The zero-order valence-corrected chi connectivity index (χ0v) is 20.9. The second-order valence-electron chi connectivity index (χ2n) is 10.8. The number of aromatic nitrogens is 2. The Morgan fingerprint density at radius 3 is 1.56 bits per heavy atom. The number of aryl methyl sites for hydroxylation is 1. The molecule has 0 spiro atoms. The summed E-state index contributed by atoms with van der Waals surface area (Å²) in [5, 5.41) is 5.55. The smallest absolute Gasteiger partial charge is 0.0493 e. The van der Waals surface area contributed by atoms with Crippen LogP contribution in [0.2, 0.25) is 0 Å². The number of hydrogen-bond acceptors (Lipinski definition) is 0. The maximum absolute atomic E-state index is 2.70. The first kappa shape index (κ1) is 21.7. The molecule has 0 radical (unpaired) electrons. The molecule has 2 nitrogen and oxygen atoms in total. The quantitative estimate of drug-likeness (QED) is 0.196. The minimum Gasteiger partial charge on any atom is -0.340 e. The predicted octanol–water partition coefficient (Wildman–Crippen LogP) is 9.50. The van der Waals surface area contributed by atoms with E-state index in [1.165, 1.54) is 88.6 Å². The fourth-order valence-electron chi connectivity index (χ4n) is 6.71. The fourth-order valence-corrected chi connectivity index (χ4v) is 6.71. The van der Waals surface area contributed by atoms with Gasteiger partial charge in [0.05, 0.1) is 0 Å². The van der Waals surface area contributed by atoms with E-state index in [0.29, 0.717) is 6.04 Å². The molecular formula is C34H34N2. The number of rotatable bonds is 8. The van der Waals surface area contributed by atoms with Gasteiger partial charge in [-0.05, 0) is 55.9 Å². The first-order chi connectivity index (χ1) is 17.9. The van der Waals surface area contributed by atoms with Gasteiger partial charge in [-0.3, -0.25) is 0 Å². The lowest BCUT2D eigenvalue weighted by atomic mass is 9.80. The second-order valence-corrected chi connectivity index (χ2v) is 10.8. The van der Waals surface area contributed by atoms with Crippen molar-refractivity contribution in [3.63, 3.8) is 0 Å². The number of hydrogen-bond donors (Lipinski definition) is 0. The Balaban J connectivity index is 1.18. The van der Waals surface area contributed by atoms with Crippen molar-refractivity contribution in [1.82, 2.24) is 9.13 Å². The standard InChI is InChI=1S/C34H34N2/c1-5-19-31-27(15-1)28-16-2-6-20-32(28)35(31)23-10-9-14-26(24-25-12-11-13-25)36-33-21-7-3-17-29(33)30-18-4-8-22-34(30)36/h1-8,15-22,25-26H,9-14,23-24H2. The lowest BCUT2D eigenvalue weighted by Crippen LogP contribution is -2.19. The van der Waals surface area contributed by atoms with E-state index in [2.05, 4.69) is 106 Å². The van der Waals surface area contributed by atoms with Crippen LogP contribution < -0.4 is 0 Å². The van der Waals surface area contributed by atoms with Crippen molar-refractivity contribution >= 4 is 43.6 Å². The molecule has 0 saturated heterocycles. The van der Waals surface area contributed by atoms with Gasteiger partial charge in [0.25, 0.3) is 0 Å². The van der Waals surface area contributed by atoms with Crippen molar-refractivity contribution in [2.45, 2.75) is 57.5 Å². The molecule has 1 fully saturated rings. The Kier molecular flexibility index (Phi) is 5.54. The number of fused-ring (bicyclic) bond motifs is 6. The van der Waals surface area contributed by atoms with E-state index < -0.39 is 0 Å². The SMILES string of the molecule is c1ccc2c(c1)c1ccccc1n2CCCCC(CC1CCC1)n1c2ccccc2c2ccccc21. The van der Waals surface area contributed by atoms with Gasteiger partial charge in [0, 0.05) is 56.2 Å². The molecular weight excluding hydrogens is 436 g/mol. The summed E-state index contributed by atoms with van der Waals surface area (Å²) in [6.07, 6.45) is 9.26. The Morgan fingerprint density at radius 2 is 1.06 bits per heavy atom. The van der Waals surface area contributed by atoms with E-state index in [1.54, 1.807) is 0 Å². The van der Waals surface area contributed by atoms with Crippen LogP contribution in [-0.4, -0.2) is 9.13 Å². The van der Waals surface area contributed by atoms with E-state index in [-0.39, 0.29) is 0 Å². The zero-order valence-electron chi connectivity index (χ0n) is 20.9. The lowest BCUT2D eigenvalue weighted by Gasteiger charge is -2.31. The highest BCUT2D eigenvalue weighted by Gasteiger charge is 2.25. The van der Waals surface area contributed by atoms with Crippen molar-refractivity contribution in [3.05, 3.63) is 97.1 Å². The van der Waals surface area contributed by atoms with Gasteiger partial charge >= 0.3 is 0 Å². The van der Waals surface area contributed by atoms with E-state index in [0.717, 1.165) is 12.5 Å². The Bertz CT molecular complexity index is 1560. The topological polar surface area (TPSA) is 9.86 Å². The number of para-hydroxylation sites is 4. The number of nitrogens with zero attached hydrogens (tertiary/aromatic N) is 2. The van der Waals surface area contributed by atoms with E-state index in [1.807, 2.05) is 0 Å². The molecule has 2 heteroatoms. The third-order valence-corrected chi connectivity index (χ3v) is 8.66. The third-order valence-electron chi connectivity index (χ3n) is 8.66. The summed E-state index contributed by atoms with van der Waals surface area (Å²) < 4.78 is 5.25. The highest BCUT2D eigenvalue weighted by Crippen LogP contribution is 2.40. The zero-order chi connectivity index (χ0) is 23.9. The van der Waals surface area contributed by atoms with Crippen molar-refractivity contribution in [3.8, 4) is 0 Å². The largest absolute Gasteiger partial charge is 0.340 e. The van der Waals surface area contributed by atoms with Gasteiger partial charge in [-0.1, -0.05) is 92.1 Å². The van der Waals surface area contributed by atoms with Gasteiger partial charge in [0.15, 0.2) is 0 Å². The predicted molar refractivity (Wildman–Crippen MR) is 154 cm³/mol. The maximum Gasteiger partial charge on any atom is 0.0493 e. The molecule has 1 saturated carbocycles. The minimum absolute atomic E-state index is 0.568. The number of unbranched alkanes of at least 4 members (excludes halogenated alkanes) is 1. The van der Waals surface area contributed by atoms with Crippen LogP contribution >= 0.6 is 0 Å². The molecule has 0 N–H and O–H groups in total. The summed E-state index contributed by atoms with van der Waals surface area (Å²) in [5.41, 5.74) is 5.55. The lowest BCUT2D eigenvalue weighted by molar-refractivity contribution is 0.244. The molecule has 6 aromatic rings. The molecule has 4 aromatic carbocycles. The van der Waals surface area contributed by atoms with Gasteiger partial charge in [-0.25, -0.2) is 0 Å². The Hall–Kier alpha value is -3.52. The van der Waals surface area contributed by atoms with Crippen LogP contribution in [0.3, 0.4) is 0 Å². The average Bonchev–Trinajstić information content (AvgIpc) is 3.41.